The van der Waals surface area contributed by atoms with E-state index in [1.165, 1.54) is 0 Å². The Bertz CT molecular complexity index is 510. The van der Waals surface area contributed by atoms with Gasteiger partial charge in [-0.1, -0.05) is 25.1 Å². The molecule has 0 aromatic heterocycles. The number of hydrogen-bond donors (Lipinski definition) is 1. The Morgan fingerprint density at radius 1 is 1.31 bits per heavy atom. The summed E-state index contributed by atoms with van der Waals surface area (Å²) in [5.41, 5.74) is 0. The lowest BCUT2D eigenvalue weighted by Crippen LogP contribution is -2.45. The minimum Gasteiger partial charge on any atom is -0.492 e. The van der Waals surface area contributed by atoms with Crippen LogP contribution in [0.3, 0.4) is 0 Å². The minimum atomic E-state index is 0. The lowest BCUT2D eigenvalue weighted by molar-refractivity contribution is 0.0320. The fourth-order valence-corrected chi connectivity index (χ4v) is 2.86. The molecule has 1 heterocycles. The van der Waals surface area contributed by atoms with Crippen molar-refractivity contribution < 1.29 is 9.47 Å². The number of nitrogens with zero attached hydrogens (tertiary/aromatic N) is 3. The molecule has 26 heavy (non-hydrogen) atoms. The van der Waals surface area contributed by atoms with E-state index >= 15 is 0 Å². The van der Waals surface area contributed by atoms with Crippen molar-refractivity contribution in [3.63, 3.8) is 0 Å². The lowest BCUT2D eigenvalue weighted by Gasteiger charge is -2.30. The van der Waals surface area contributed by atoms with Gasteiger partial charge in [0.15, 0.2) is 5.96 Å². The van der Waals surface area contributed by atoms with E-state index in [-0.39, 0.29) is 24.0 Å². The summed E-state index contributed by atoms with van der Waals surface area (Å²) in [7, 11) is 3.86. The molecule has 1 saturated heterocycles. The van der Waals surface area contributed by atoms with E-state index in [9.17, 15) is 0 Å². The number of nitrogens with one attached hydrogen (secondary N) is 1. The van der Waals surface area contributed by atoms with E-state index in [2.05, 4.69) is 27.0 Å². The number of halogens is 1. The average Bonchev–Trinajstić information content (AvgIpc) is 2.64. The predicted octanol–water partition coefficient (Wildman–Crippen LogP) is 2.16. The van der Waals surface area contributed by atoms with Gasteiger partial charge in [0, 0.05) is 40.3 Å². The number of likely N-dealkylation sites (N-methyl/N-ethyl adjacent to an activating group) is 1. The summed E-state index contributed by atoms with van der Waals surface area (Å²) < 4.78 is 11.2. The lowest BCUT2D eigenvalue weighted by atomic mass is 10.1. The van der Waals surface area contributed by atoms with Crippen LogP contribution in [-0.2, 0) is 4.74 Å². The highest BCUT2D eigenvalue weighted by Gasteiger charge is 2.14. The second kappa shape index (κ2) is 13.2. The van der Waals surface area contributed by atoms with E-state index in [1.54, 1.807) is 0 Å². The fourth-order valence-electron chi connectivity index (χ4n) is 2.86. The first-order valence-electron chi connectivity index (χ1n) is 9.08. The average molecular weight is 476 g/mol. The van der Waals surface area contributed by atoms with Crippen LogP contribution in [0.25, 0.3) is 0 Å². The molecule has 1 N–H and O–H groups in total. The number of guanidine groups is 1. The van der Waals surface area contributed by atoms with Gasteiger partial charge in [0.05, 0.1) is 19.8 Å². The third-order valence-electron chi connectivity index (χ3n) is 4.29. The van der Waals surface area contributed by atoms with Gasteiger partial charge in [-0.25, -0.2) is 0 Å². The highest BCUT2D eigenvalue weighted by atomic mass is 127. The minimum absolute atomic E-state index is 0. The van der Waals surface area contributed by atoms with Crippen molar-refractivity contribution in [2.75, 3.05) is 66.6 Å². The molecule has 6 nitrogen and oxygen atoms in total. The van der Waals surface area contributed by atoms with E-state index in [4.69, 9.17) is 9.47 Å². The molecule has 1 aromatic rings. The van der Waals surface area contributed by atoms with Gasteiger partial charge in [-0.05, 0) is 18.1 Å². The summed E-state index contributed by atoms with van der Waals surface area (Å²) in [5, 5.41) is 3.47. The molecule has 1 unspecified atom stereocenters. The normalized spacial score (nSPS) is 16.5. The highest BCUT2D eigenvalue weighted by molar-refractivity contribution is 14.0. The van der Waals surface area contributed by atoms with Gasteiger partial charge in [0.2, 0.25) is 0 Å². The summed E-state index contributed by atoms with van der Waals surface area (Å²) in [6.45, 7) is 9.47. The van der Waals surface area contributed by atoms with Crippen molar-refractivity contribution in [1.29, 1.82) is 0 Å². The van der Waals surface area contributed by atoms with Gasteiger partial charge >= 0.3 is 0 Å². The Balaban J connectivity index is 0.00000338. The third-order valence-corrected chi connectivity index (χ3v) is 4.29. The first-order valence-corrected chi connectivity index (χ1v) is 9.08. The summed E-state index contributed by atoms with van der Waals surface area (Å²) in [5.74, 6) is 2.37. The smallest absolute Gasteiger partial charge is 0.193 e. The van der Waals surface area contributed by atoms with Crippen molar-refractivity contribution in [2.45, 2.75) is 6.92 Å². The Morgan fingerprint density at radius 2 is 2.00 bits per heavy atom. The van der Waals surface area contributed by atoms with E-state index in [0.29, 0.717) is 12.5 Å². The van der Waals surface area contributed by atoms with Gasteiger partial charge in [-0.3, -0.25) is 9.89 Å². The van der Waals surface area contributed by atoms with Crippen LogP contribution in [0.2, 0.25) is 0 Å². The molecule has 0 saturated carbocycles. The Labute approximate surface area is 175 Å². The van der Waals surface area contributed by atoms with Crippen LogP contribution in [0.1, 0.15) is 6.92 Å². The van der Waals surface area contributed by atoms with Crippen molar-refractivity contribution >= 4 is 29.9 Å². The summed E-state index contributed by atoms with van der Waals surface area (Å²) in [4.78, 5) is 8.94. The zero-order chi connectivity index (χ0) is 17.9. The van der Waals surface area contributed by atoms with Gasteiger partial charge in [0.25, 0.3) is 0 Å². The quantitative estimate of drug-likeness (QED) is 0.354. The molecule has 0 spiro atoms. The number of para-hydroxylation sites is 1. The molecule has 1 atom stereocenters. The van der Waals surface area contributed by atoms with Crippen LogP contribution < -0.4 is 10.1 Å². The largest absolute Gasteiger partial charge is 0.492 e. The first-order chi connectivity index (χ1) is 12.2. The van der Waals surface area contributed by atoms with Crippen molar-refractivity contribution in [1.82, 2.24) is 15.1 Å². The van der Waals surface area contributed by atoms with Crippen molar-refractivity contribution in [2.24, 2.45) is 10.9 Å². The molecule has 7 heteroatoms. The number of rotatable bonds is 8. The highest BCUT2D eigenvalue weighted by Crippen LogP contribution is 2.08. The van der Waals surface area contributed by atoms with Gasteiger partial charge in [0.1, 0.15) is 12.4 Å². The van der Waals surface area contributed by atoms with Crippen molar-refractivity contribution in [3.8, 4) is 5.75 Å². The van der Waals surface area contributed by atoms with Crippen LogP contribution in [-0.4, -0.2) is 82.4 Å². The summed E-state index contributed by atoms with van der Waals surface area (Å²) in [6.07, 6.45) is 0. The van der Waals surface area contributed by atoms with Crippen LogP contribution in [0, 0.1) is 5.92 Å². The topological polar surface area (TPSA) is 49.3 Å². The van der Waals surface area contributed by atoms with Crippen LogP contribution in [0.4, 0.5) is 0 Å². The number of aliphatic imine (C=N–C) groups is 1. The van der Waals surface area contributed by atoms with Crippen LogP contribution in [0.5, 0.6) is 5.75 Å². The zero-order valence-electron chi connectivity index (χ0n) is 16.2. The monoisotopic (exact) mass is 476 g/mol. The molecule has 148 valence electrons. The van der Waals surface area contributed by atoms with E-state index in [0.717, 1.165) is 57.6 Å². The maximum Gasteiger partial charge on any atom is 0.193 e. The van der Waals surface area contributed by atoms with Gasteiger partial charge in [-0.2, -0.15) is 0 Å². The Morgan fingerprint density at radius 3 is 2.65 bits per heavy atom. The standard InChI is InChI=1S/C19H32N4O2.HI/c1-17(16-23-10-12-24-13-11-23)15-21-19(20-2)22(3)9-14-25-18-7-5-4-6-8-18;/h4-8,17H,9-16H2,1-3H3,(H,20,21);1H. The Hall–Kier alpha value is -1.06. The van der Waals surface area contributed by atoms with Gasteiger partial charge < -0.3 is 19.7 Å². The van der Waals surface area contributed by atoms with Crippen LogP contribution >= 0.6 is 24.0 Å². The molecular formula is C19H33IN4O2. The molecule has 0 bridgehead atoms. The third kappa shape index (κ3) is 8.55. The fraction of sp³-hybridized carbons (Fsp3) is 0.632. The van der Waals surface area contributed by atoms with Crippen LogP contribution in [0.15, 0.2) is 35.3 Å². The number of benzene rings is 1. The maximum atomic E-state index is 5.75. The molecule has 0 radical (unpaired) electrons. The first kappa shape index (κ1) is 23.0. The molecular weight excluding hydrogens is 443 g/mol. The Kier molecular flexibility index (Phi) is 11.6. The molecule has 1 aromatic carbocycles. The van der Waals surface area contributed by atoms with Gasteiger partial charge in [-0.15, -0.1) is 24.0 Å². The second-order valence-corrected chi connectivity index (χ2v) is 6.53. The predicted molar refractivity (Wildman–Crippen MR) is 118 cm³/mol. The van der Waals surface area contributed by atoms with E-state index in [1.807, 2.05) is 44.4 Å². The molecule has 1 fully saturated rings. The number of ether oxygens (including phenoxy) is 2. The molecule has 0 aliphatic carbocycles. The van der Waals surface area contributed by atoms with E-state index < -0.39 is 0 Å². The molecule has 0 amide bonds. The van der Waals surface area contributed by atoms with Crippen molar-refractivity contribution in [3.05, 3.63) is 30.3 Å². The SMILES string of the molecule is CN=C(NCC(C)CN1CCOCC1)N(C)CCOc1ccccc1.I. The number of hydrogen-bond acceptors (Lipinski definition) is 4. The molecule has 1 aliphatic heterocycles. The maximum absolute atomic E-state index is 5.75. The molecule has 1 aliphatic rings. The summed E-state index contributed by atoms with van der Waals surface area (Å²) in [6, 6.07) is 9.90. The zero-order valence-corrected chi connectivity index (χ0v) is 18.5. The second-order valence-electron chi connectivity index (χ2n) is 6.53. The number of morpholine rings is 1. The molecule has 2 rings (SSSR count). The summed E-state index contributed by atoms with van der Waals surface area (Å²) >= 11 is 0.